The Hall–Kier alpha value is -2.70. The number of carbonyl (C=O) groups is 1. The SMILES string of the molecule is C#CCn1cnc2c3[n+](cnc21)[C@](C)(O)[C@H](O)[C@@](C)(C(=O)[O-])N3. The van der Waals surface area contributed by atoms with Gasteiger partial charge in [0.15, 0.2) is 17.2 Å². The fourth-order valence-electron chi connectivity index (χ4n) is 2.79. The molecule has 0 fully saturated rings. The number of rotatable bonds is 2. The van der Waals surface area contributed by atoms with Crippen LogP contribution in [0.4, 0.5) is 5.82 Å². The summed E-state index contributed by atoms with van der Waals surface area (Å²) in [7, 11) is 0. The van der Waals surface area contributed by atoms with Gasteiger partial charge in [-0.15, -0.1) is 6.42 Å². The Morgan fingerprint density at radius 2 is 2.30 bits per heavy atom. The number of aliphatic hydroxyl groups excluding tert-OH is 1. The van der Waals surface area contributed by atoms with E-state index in [1.165, 1.54) is 31.1 Å². The Morgan fingerprint density at radius 3 is 2.91 bits per heavy atom. The van der Waals surface area contributed by atoms with E-state index in [1.54, 1.807) is 4.57 Å². The predicted octanol–water partition coefficient (Wildman–Crippen LogP) is -2.69. The van der Waals surface area contributed by atoms with Crippen LogP contribution in [0.5, 0.6) is 0 Å². The van der Waals surface area contributed by atoms with Gasteiger partial charge in [0.05, 0.1) is 18.8 Å². The van der Waals surface area contributed by atoms with Crippen molar-refractivity contribution in [3.8, 4) is 12.3 Å². The number of fused-ring (bicyclic) bond motifs is 3. The molecule has 0 radical (unpaired) electrons. The van der Waals surface area contributed by atoms with Gasteiger partial charge >= 0.3 is 0 Å². The number of aliphatic carboxylic acids is 1. The molecule has 0 amide bonds. The molecule has 0 bridgehead atoms. The highest BCUT2D eigenvalue weighted by molar-refractivity contribution is 5.87. The fraction of sp³-hybridized carbons (Fsp3) is 0.429. The third kappa shape index (κ3) is 1.89. The smallest absolute Gasteiger partial charge is 0.256 e. The van der Waals surface area contributed by atoms with E-state index < -0.39 is 23.3 Å². The zero-order valence-electron chi connectivity index (χ0n) is 12.5. The van der Waals surface area contributed by atoms with Gasteiger partial charge in [-0.3, -0.25) is 9.88 Å². The van der Waals surface area contributed by atoms with Gasteiger partial charge in [0.2, 0.25) is 17.7 Å². The first-order valence-electron chi connectivity index (χ1n) is 6.83. The molecule has 120 valence electrons. The quantitative estimate of drug-likeness (QED) is 0.406. The van der Waals surface area contributed by atoms with Crippen LogP contribution in [0, 0.1) is 12.3 Å². The van der Waals surface area contributed by atoms with Crippen molar-refractivity contribution in [3.05, 3.63) is 12.7 Å². The molecule has 2 aromatic heterocycles. The number of carboxylic acid groups (broad SMARTS) is 1. The number of nitrogens with one attached hydrogen (secondary N) is 1. The molecule has 2 aromatic rings. The maximum Gasteiger partial charge on any atom is 0.256 e. The van der Waals surface area contributed by atoms with Crippen molar-refractivity contribution in [2.45, 2.75) is 37.8 Å². The molecule has 3 atom stereocenters. The lowest BCUT2D eigenvalue weighted by molar-refractivity contribution is -0.807. The minimum Gasteiger partial charge on any atom is -0.546 e. The van der Waals surface area contributed by atoms with Gasteiger partial charge in [0.25, 0.3) is 5.82 Å². The van der Waals surface area contributed by atoms with Crippen LogP contribution in [-0.2, 0) is 17.1 Å². The number of imidazole rings is 1. The standard InChI is InChI=1S/C14H15N5O4/c1-4-5-18-6-15-8-9(18)16-7-19-10(8)17-13(2,12(21)22)11(20)14(19,3)23/h1,6-7,11,20,23H,5H2,2-3H3,(H,21,22)/t11-,13+,14-/m1/s1. The first-order valence-corrected chi connectivity index (χ1v) is 6.83. The van der Waals surface area contributed by atoms with Crippen LogP contribution in [0.15, 0.2) is 12.7 Å². The van der Waals surface area contributed by atoms with Gasteiger partial charge in [0.1, 0.15) is 0 Å². The number of terminal acetylenes is 1. The predicted molar refractivity (Wildman–Crippen MR) is 75.5 cm³/mol. The second kappa shape index (κ2) is 4.65. The molecule has 1 aliphatic heterocycles. The average Bonchev–Trinajstić information content (AvgIpc) is 2.89. The number of hydrogen-bond acceptors (Lipinski definition) is 7. The van der Waals surface area contributed by atoms with E-state index in [0.29, 0.717) is 11.2 Å². The lowest BCUT2D eigenvalue weighted by atomic mass is 9.85. The van der Waals surface area contributed by atoms with Gasteiger partial charge in [0, 0.05) is 6.92 Å². The molecular formula is C14H15N5O4. The van der Waals surface area contributed by atoms with E-state index in [-0.39, 0.29) is 12.4 Å². The molecule has 3 rings (SSSR count). The third-order valence-electron chi connectivity index (χ3n) is 4.19. The van der Waals surface area contributed by atoms with Crippen LogP contribution in [0.1, 0.15) is 13.8 Å². The molecule has 0 unspecified atom stereocenters. The van der Waals surface area contributed by atoms with Gasteiger partial charge < -0.3 is 20.1 Å². The molecular weight excluding hydrogens is 302 g/mol. The van der Waals surface area contributed by atoms with E-state index in [1.807, 2.05) is 0 Å². The Bertz CT molecular complexity index is 853. The van der Waals surface area contributed by atoms with Crippen molar-refractivity contribution >= 4 is 23.0 Å². The van der Waals surface area contributed by atoms with Crippen molar-refractivity contribution in [1.82, 2.24) is 14.5 Å². The summed E-state index contributed by atoms with van der Waals surface area (Å²) in [5, 5.41) is 35.1. The normalized spacial score (nSPS) is 29.6. The molecule has 0 saturated carbocycles. The zero-order valence-corrected chi connectivity index (χ0v) is 12.5. The number of carbonyl (C=O) groups excluding carboxylic acids is 1. The summed E-state index contributed by atoms with van der Waals surface area (Å²) in [6.45, 7) is 2.76. The van der Waals surface area contributed by atoms with Crippen LogP contribution in [0.25, 0.3) is 11.2 Å². The maximum atomic E-state index is 11.5. The number of nitrogens with zero attached hydrogens (tertiary/aromatic N) is 4. The Balaban J connectivity index is 2.29. The highest BCUT2D eigenvalue weighted by atomic mass is 16.4. The average molecular weight is 317 g/mol. The first-order chi connectivity index (χ1) is 10.7. The molecule has 0 aromatic carbocycles. The van der Waals surface area contributed by atoms with Crippen molar-refractivity contribution in [1.29, 1.82) is 0 Å². The summed E-state index contributed by atoms with van der Waals surface area (Å²) in [6.07, 6.45) is 6.37. The summed E-state index contributed by atoms with van der Waals surface area (Å²) >= 11 is 0. The minimum atomic E-state index is -1.92. The first kappa shape index (κ1) is 15.2. The summed E-state index contributed by atoms with van der Waals surface area (Å²) in [6, 6.07) is 0. The lowest BCUT2D eigenvalue weighted by Crippen LogP contribution is -2.77. The molecule has 0 aliphatic carbocycles. The summed E-state index contributed by atoms with van der Waals surface area (Å²) < 4.78 is 2.84. The van der Waals surface area contributed by atoms with E-state index in [0.717, 1.165) is 0 Å². The molecule has 0 saturated heterocycles. The molecule has 3 N–H and O–H groups in total. The van der Waals surface area contributed by atoms with E-state index in [4.69, 9.17) is 6.42 Å². The second-order valence-electron chi connectivity index (χ2n) is 5.82. The van der Waals surface area contributed by atoms with Crippen molar-refractivity contribution in [2.75, 3.05) is 5.32 Å². The van der Waals surface area contributed by atoms with Crippen molar-refractivity contribution in [3.63, 3.8) is 0 Å². The summed E-state index contributed by atoms with van der Waals surface area (Å²) in [4.78, 5) is 19.9. The van der Waals surface area contributed by atoms with E-state index >= 15 is 0 Å². The monoisotopic (exact) mass is 317 g/mol. The fourth-order valence-corrected chi connectivity index (χ4v) is 2.79. The highest BCUT2D eigenvalue weighted by Crippen LogP contribution is 2.33. The van der Waals surface area contributed by atoms with Crippen LogP contribution >= 0.6 is 0 Å². The van der Waals surface area contributed by atoms with Crippen LogP contribution in [0.2, 0.25) is 0 Å². The number of hydrogen-bond donors (Lipinski definition) is 3. The number of aliphatic hydroxyl groups is 2. The molecule has 9 nitrogen and oxygen atoms in total. The molecule has 3 heterocycles. The number of carboxylic acids is 1. The van der Waals surface area contributed by atoms with Crippen LogP contribution in [0.3, 0.4) is 0 Å². The van der Waals surface area contributed by atoms with Crippen LogP contribution < -0.4 is 15.0 Å². The molecule has 9 heteroatoms. The van der Waals surface area contributed by atoms with Crippen molar-refractivity contribution in [2.24, 2.45) is 0 Å². The molecule has 0 spiro atoms. The Morgan fingerprint density at radius 1 is 1.61 bits per heavy atom. The van der Waals surface area contributed by atoms with E-state index in [9.17, 15) is 20.1 Å². The lowest BCUT2D eigenvalue weighted by Gasteiger charge is -2.44. The van der Waals surface area contributed by atoms with Crippen LogP contribution in [-0.4, -0.2) is 42.4 Å². The molecule has 23 heavy (non-hydrogen) atoms. The number of aromatic nitrogens is 4. The third-order valence-corrected chi connectivity index (χ3v) is 4.19. The second-order valence-corrected chi connectivity index (χ2v) is 5.82. The Kier molecular flexibility index (Phi) is 3.07. The van der Waals surface area contributed by atoms with Gasteiger partial charge in [-0.25, -0.2) is 9.55 Å². The van der Waals surface area contributed by atoms with Gasteiger partial charge in [-0.2, -0.15) is 0 Å². The van der Waals surface area contributed by atoms with Gasteiger partial charge in [-0.05, 0) is 6.92 Å². The molecule has 1 aliphatic rings. The zero-order chi connectivity index (χ0) is 17.0. The summed E-state index contributed by atoms with van der Waals surface area (Å²) in [5.41, 5.74) is -3.09. The van der Waals surface area contributed by atoms with Crippen molar-refractivity contribution < 1.29 is 24.7 Å². The van der Waals surface area contributed by atoms with E-state index in [2.05, 4.69) is 21.2 Å². The maximum absolute atomic E-state index is 11.5. The largest absolute Gasteiger partial charge is 0.546 e. The number of anilines is 1. The topological polar surface area (TPSA) is 127 Å². The van der Waals surface area contributed by atoms with Gasteiger partial charge in [-0.1, -0.05) is 10.9 Å². The highest BCUT2D eigenvalue weighted by Gasteiger charge is 2.56. The minimum absolute atomic E-state index is 0.202. The summed E-state index contributed by atoms with van der Waals surface area (Å²) in [5.74, 6) is 1.11. The Labute approximate surface area is 131 Å².